The number of benzene rings is 1. The molecule has 134 valence electrons. The molecule has 2 N–H and O–H groups in total. The van der Waals surface area contributed by atoms with E-state index in [2.05, 4.69) is 21.2 Å². The smallest absolute Gasteiger partial charge is 0.416 e. The lowest BCUT2D eigenvalue weighted by Gasteiger charge is -2.35. The molecule has 0 spiro atoms. The molecule has 23 heavy (non-hydrogen) atoms. The predicted octanol–water partition coefficient (Wildman–Crippen LogP) is 3.93. The Balaban J connectivity index is 0.00000242. The van der Waals surface area contributed by atoms with Gasteiger partial charge in [-0.2, -0.15) is 13.2 Å². The molecule has 0 radical (unpaired) electrons. The van der Waals surface area contributed by atoms with Crippen LogP contribution in [0.25, 0.3) is 0 Å². The van der Waals surface area contributed by atoms with Crippen molar-refractivity contribution in [3.63, 3.8) is 0 Å². The van der Waals surface area contributed by atoms with E-state index in [4.69, 9.17) is 0 Å². The third kappa shape index (κ3) is 5.09. The number of aromatic hydroxyl groups is 1. The molecule has 1 aromatic carbocycles. The fourth-order valence-corrected chi connectivity index (χ4v) is 2.86. The Kier molecular flexibility index (Phi) is 9.15. The van der Waals surface area contributed by atoms with E-state index in [1.54, 1.807) is 4.90 Å². The van der Waals surface area contributed by atoms with E-state index >= 15 is 0 Å². The minimum absolute atomic E-state index is 0. The van der Waals surface area contributed by atoms with Gasteiger partial charge in [-0.3, -0.25) is 4.90 Å². The van der Waals surface area contributed by atoms with Gasteiger partial charge in [-0.1, -0.05) is 0 Å². The van der Waals surface area contributed by atoms with Gasteiger partial charge in [-0.15, -0.1) is 24.8 Å². The van der Waals surface area contributed by atoms with Gasteiger partial charge in [0.25, 0.3) is 0 Å². The Morgan fingerprint density at radius 1 is 1.22 bits per heavy atom. The summed E-state index contributed by atoms with van der Waals surface area (Å²) in [5.74, 6) is -0.550. The molecule has 1 heterocycles. The van der Waals surface area contributed by atoms with Gasteiger partial charge in [0, 0.05) is 31.7 Å². The van der Waals surface area contributed by atoms with Crippen molar-refractivity contribution in [3.8, 4) is 5.75 Å². The Hall–Kier alpha value is -0.280. The lowest BCUT2D eigenvalue weighted by Crippen LogP contribution is -2.46. The summed E-state index contributed by atoms with van der Waals surface area (Å²) in [6, 6.07) is 0.875. The molecule has 1 aliphatic rings. The van der Waals surface area contributed by atoms with E-state index < -0.39 is 35.8 Å². The third-order valence-electron chi connectivity index (χ3n) is 3.54. The second-order valence-electron chi connectivity index (χ2n) is 4.81. The number of piperazine rings is 1. The Labute approximate surface area is 152 Å². The van der Waals surface area contributed by atoms with Crippen LogP contribution < -0.4 is 5.32 Å². The monoisotopic (exact) mass is 442 g/mol. The Morgan fingerprint density at radius 2 is 1.78 bits per heavy atom. The molecule has 0 amide bonds. The second kappa shape index (κ2) is 9.27. The van der Waals surface area contributed by atoms with Gasteiger partial charge in [0.15, 0.2) is 0 Å². The van der Waals surface area contributed by atoms with Gasteiger partial charge in [0.05, 0.1) is 16.1 Å². The SMILES string of the molecule is Cl.Cl.Oc1c(Br)ccc(C(F)(F)F)c1[C@@H](CF)N1CCNCC1. The van der Waals surface area contributed by atoms with Crippen molar-refractivity contribution in [1.29, 1.82) is 0 Å². The zero-order valence-corrected chi connectivity index (χ0v) is 15.1. The van der Waals surface area contributed by atoms with Crippen LogP contribution in [0, 0.1) is 0 Å². The molecule has 1 fully saturated rings. The summed E-state index contributed by atoms with van der Waals surface area (Å²) in [4.78, 5) is 1.62. The first-order valence-corrected chi connectivity index (χ1v) is 7.25. The van der Waals surface area contributed by atoms with Gasteiger partial charge >= 0.3 is 6.18 Å². The number of alkyl halides is 4. The summed E-state index contributed by atoms with van der Waals surface area (Å²) in [6.07, 6.45) is -4.64. The molecule has 0 bridgehead atoms. The summed E-state index contributed by atoms with van der Waals surface area (Å²) in [5, 5.41) is 13.1. The number of rotatable bonds is 3. The van der Waals surface area contributed by atoms with E-state index in [1.165, 1.54) is 0 Å². The Bertz CT molecular complexity index is 513. The van der Waals surface area contributed by atoms with E-state index in [1.807, 2.05) is 0 Å². The Morgan fingerprint density at radius 3 is 2.26 bits per heavy atom. The van der Waals surface area contributed by atoms with Crippen LogP contribution in [0.5, 0.6) is 5.75 Å². The summed E-state index contributed by atoms with van der Waals surface area (Å²) < 4.78 is 53.0. The number of halogens is 7. The van der Waals surface area contributed by atoms with Crippen molar-refractivity contribution in [2.24, 2.45) is 0 Å². The zero-order chi connectivity index (χ0) is 15.6. The average molecular weight is 444 g/mol. The molecule has 2 rings (SSSR count). The number of nitrogens with one attached hydrogen (secondary N) is 1. The van der Waals surface area contributed by atoms with Crippen LogP contribution in [0.1, 0.15) is 17.2 Å². The highest BCUT2D eigenvalue weighted by molar-refractivity contribution is 9.10. The van der Waals surface area contributed by atoms with Gasteiger partial charge in [-0.05, 0) is 28.1 Å². The maximum absolute atomic E-state index is 13.5. The van der Waals surface area contributed by atoms with Crippen molar-refractivity contribution < 1.29 is 22.7 Å². The summed E-state index contributed by atoms with van der Waals surface area (Å²) >= 11 is 3.00. The average Bonchev–Trinajstić information content (AvgIpc) is 2.44. The lowest BCUT2D eigenvalue weighted by atomic mass is 9.97. The minimum atomic E-state index is -4.64. The number of hydrogen-bond acceptors (Lipinski definition) is 3. The maximum atomic E-state index is 13.5. The maximum Gasteiger partial charge on any atom is 0.416 e. The van der Waals surface area contributed by atoms with Gasteiger partial charge in [-0.25, -0.2) is 4.39 Å². The van der Waals surface area contributed by atoms with Crippen LogP contribution in [0.4, 0.5) is 17.6 Å². The highest BCUT2D eigenvalue weighted by Crippen LogP contribution is 2.43. The van der Waals surface area contributed by atoms with Crippen LogP contribution in [-0.4, -0.2) is 42.9 Å². The van der Waals surface area contributed by atoms with Crippen molar-refractivity contribution in [3.05, 3.63) is 27.7 Å². The minimum Gasteiger partial charge on any atom is -0.506 e. The van der Waals surface area contributed by atoms with E-state index in [9.17, 15) is 22.7 Å². The first-order chi connectivity index (χ1) is 9.86. The van der Waals surface area contributed by atoms with Gasteiger partial charge in [0.2, 0.25) is 0 Å². The molecule has 1 aliphatic heterocycles. The number of phenols is 1. The van der Waals surface area contributed by atoms with Gasteiger partial charge < -0.3 is 10.4 Å². The molecule has 0 saturated carbocycles. The van der Waals surface area contributed by atoms with Crippen LogP contribution >= 0.6 is 40.7 Å². The van der Waals surface area contributed by atoms with Crippen LogP contribution in [0.15, 0.2) is 16.6 Å². The summed E-state index contributed by atoms with van der Waals surface area (Å²) in [5.41, 5.74) is -1.40. The quantitative estimate of drug-likeness (QED) is 0.694. The van der Waals surface area contributed by atoms with E-state index in [0.717, 1.165) is 12.1 Å². The molecule has 10 heteroatoms. The van der Waals surface area contributed by atoms with Crippen molar-refractivity contribution >= 4 is 40.7 Å². The fraction of sp³-hybridized carbons (Fsp3) is 0.538. The largest absolute Gasteiger partial charge is 0.506 e. The van der Waals surface area contributed by atoms with Crippen molar-refractivity contribution in [1.82, 2.24) is 10.2 Å². The zero-order valence-electron chi connectivity index (χ0n) is 11.9. The molecular formula is C13H17BrCl2F4N2O. The summed E-state index contributed by atoms with van der Waals surface area (Å²) in [7, 11) is 0. The fourth-order valence-electron chi connectivity index (χ4n) is 2.52. The second-order valence-corrected chi connectivity index (χ2v) is 5.67. The number of phenolic OH excluding ortho intramolecular Hbond substituents is 1. The molecule has 0 aromatic heterocycles. The summed E-state index contributed by atoms with van der Waals surface area (Å²) in [6.45, 7) is 1.02. The predicted molar refractivity (Wildman–Crippen MR) is 88.5 cm³/mol. The van der Waals surface area contributed by atoms with Gasteiger partial charge in [0.1, 0.15) is 12.4 Å². The molecular weight excluding hydrogens is 427 g/mol. The molecule has 1 saturated heterocycles. The van der Waals surface area contributed by atoms with Crippen LogP contribution in [-0.2, 0) is 6.18 Å². The molecule has 0 aliphatic carbocycles. The first-order valence-electron chi connectivity index (χ1n) is 6.45. The normalized spacial score (nSPS) is 17.1. The highest BCUT2D eigenvalue weighted by atomic mass is 79.9. The molecule has 1 aromatic rings. The van der Waals surface area contributed by atoms with Crippen molar-refractivity contribution in [2.75, 3.05) is 32.9 Å². The molecule has 1 atom stereocenters. The molecule has 0 unspecified atom stereocenters. The third-order valence-corrected chi connectivity index (χ3v) is 4.18. The van der Waals surface area contributed by atoms with Crippen LogP contribution in [0.2, 0.25) is 0 Å². The topological polar surface area (TPSA) is 35.5 Å². The lowest BCUT2D eigenvalue weighted by molar-refractivity contribution is -0.139. The van der Waals surface area contributed by atoms with Crippen LogP contribution in [0.3, 0.4) is 0 Å². The first kappa shape index (κ1) is 22.7. The number of nitrogens with zero attached hydrogens (tertiary/aromatic N) is 1. The van der Waals surface area contributed by atoms with Crippen molar-refractivity contribution in [2.45, 2.75) is 12.2 Å². The van der Waals surface area contributed by atoms with E-state index in [0.29, 0.717) is 26.2 Å². The number of hydrogen-bond donors (Lipinski definition) is 2. The standard InChI is InChI=1S/C13H15BrF4N2O.2ClH/c14-9-2-1-8(13(16,17)18)11(12(9)21)10(7-15)20-5-3-19-4-6-20;;/h1-2,10,19,21H,3-7H2;2*1H/t10-;;/m1../s1. The molecule has 3 nitrogen and oxygen atoms in total. The highest BCUT2D eigenvalue weighted by Gasteiger charge is 2.39. The van der Waals surface area contributed by atoms with E-state index in [-0.39, 0.29) is 29.3 Å².